The zero-order valence-corrected chi connectivity index (χ0v) is 15.0. The molecule has 120 valence electrons. The SMILES string of the molecule is c1ccc(CNc2ncnc3c2[se]c2nc4ccccc4cc23)cc1. The molecule has 2 aromatic carbocycles. The quantitative estimate of drug-likeness (QED) is 0.474. The number of nitrogens with one attached hydrogen (secondary N) is 1. The molecular weight excluding hydrogens is 375 g/mol. The summed E-state index contributed by atoms with van der Waals surface area (Å²) in [4.78, 5) is 13.9. The number of anilines is 1. The fourth-order valence-electron chi connectivity index (χ4n) is 3.01. The van der Waals surface area contributed by atoms with Gasteiger partial charge in [0.1, 0.15) is 0 Å². The van der Waals surface area contributed by atoms with Crippen LogP contribution in [-0.2, 0) is 6.54 Å². The summed E-state index contributed by atoms with van der Waals surface area (Å²) in [7, 11) is 0. The molecule has 5 rings (SSSR count). The zero-order chi connectivity index (χ0) is 16.6. The van der Waals surface area contributed by atoms with Gasteiger partial charge in [-0.15, -0.1) is 0 Å². The van der Waals surface area contributed by atoms with Gasteiger partial charge in [0, 0.05) is 0 Å². The van der Waals surface area contributed by atoms with E-state index in [2.05, 4.69) is 57.7 Å². The number of para-hydroxylation sites is 1. The van der Waals surface area contributed by atoms with E-state index in [0.717, 1.165) is 38.6 Å². The molecule has 0 amide bonds. The van der Waals surface area contributed by atoms with Crippen molar-refractivity contribution in [3.63, 3.8) is 0 Å². The van der Waals surface area contributed by atoms with Crippen LogP contribution in [0, 0.1) is 0 Å². The average Bonchev–Trinajstić information content (AvgIpc) is 3.03. The van der Waals surface area contributed by atoms with Gasteiger partial charge >= 0.3 is 150 Å². The molecule has 3 heterocycles. The number of fused-ring (bicyclic) bond motifs is 4. The summed E-state index contributed by atoms with van der Waals surface area (Å²) in [6.45, 7) is 0.756. The maximum absolute atomic E-state index is 4.86. The van der Waals surface area contributed by atoms with Crippen LogP contribution in [0.5, 0.6) is 0 Å². The van der Waals surface area contributed by atoms with Gasteiger partial charge in [0.05, 0.1) is 0 Å². The molecule has 0 bridgehead atoms. The average molecular weight is 389 g/mol. The van der Waals surface area contributed by atoms with Gasteiger partial charge in [-0.3, -0.25) is 0 Å². The van der Waals surface area contributed by atoms with Crippen molar-refractivity contribution >= 4 is 50.8 Å². The number of hydrogen-bond donors (Lipinski definition) is 1. The van der Waals surface area contributed by atoms with Crippen LogP contribution in [-0.4, -0.2) is 29.5 Å². The molecule has 5 heteroatoms. The number of aromatic nitrogens is 3. The third kappa shape index (κ3) is 2.58. The molecule has 0 radical (unpaired) electrons. The third-order valence-corrected chi connectivity index (χ3v) is 6.55. The Kier molecular flexibility index (Phi) is 3.47. The molecular formula is C20H14N4Se. The van der Waals surface area contributed by atoms with Crippen molar-refractivity contribution in [2.24, 2.45) is 0 Å². The summed E-state index contributed by atoms with van der Waals surface area (Å²) in [5.41, 5.74) is 3.31. The first-order chi connectivity index (χ1) is 12.4. The first-order valence-electron chi connectivity index (χ1n) is 8.09. The fraction of sp³-hybridized carbons (Fsp3) is 0.0500. The van der Waals surface area contributed by atoms with Gasteiger partial charge in [-0.25, -0.2) is 0 Å². The van der Waals surface area contributed by atoms with Crippen LogP contribution in [0.3, 0.4) is 0 Å². The van der Waals surface area contributed by atoms with Gasteiger partial charge < -0.3 is 0 Å². The van der Waals surface area contributed by atoms with E-state index in [1.807, 2.05) is 18.2 Å². The molecule has 5 aromatic rings. The van der Waals surface area contributed by atoms with E-state index in [1.54, 1.807) is 6.33 Å². The minimum atomic E-state index is 0.120. The second-order valence-electron chi connectivity index (χ2n) is 5.88. The van der Waals surface area contributed by atoms with Crippen molar-refractivity contribution in [3.8, 4) is 0 Å². The number of benzene rings is 2. The first kappa shape index (κ1) is 14.6. The summed E-state index contributed by atoms with van der Waals surface area (Å²) in [6.07, 6.45) is 1.65. The Morgan fingerprint density at radius 2 is 1.76 bits per heavy atom. The van der Waals surface area contributed by atoms with Crippen molar-refractivity contribution in [3.05, 3.63) is 72.6 Å². The summed E-state index contributed by atoms with van der Waals surface area (Å²) >= 11 is 0.120. The number of pyridine rings is 1. The van der Waals surface area contributed by atoms with Gasteiger partial charge in [0.2, 0.25) is 0 Å². The molecule has 3 aromatic heterocycles. The van der Waals surface area contributed by atoms with E-state index >= 15 is 0 Å². The molecule has 0 aliphatic heterocycles. The normalized spacial score (nSPS) is 11.4. The molecule has 0 saturated heterocycles. The van der Waals surface area contributed by atoms with Gasteiger partial charge in [-0.1, -0.05) is 0 Å². The second kappa shape index (κ2) is 5.96. The topological polar surface area (TPSA) is 50.7 Å². The Morgan fingerprint density at radius 1 is 0.920 bits per heavy atom. The van der Waals surface area contributed by atoms with Crippen LogP contribution in [0.1, 0.15) is 5.56 Å². The van der Waals surface area contributed by atoms with Crippen molar-refractivity contribution in [1.82, 2.24) is 15.0 Å². The fourth-order valence-corrected chi connectivity index (χ4v) is 5.29. The van der Waals surface area contributed by atoms with Crippen LogP contribution >= 0.6 is 0 Å². The summed E-state index contributed by atoms with van der Waals surface area (Å²) in [5.74, 6) is 0.927. The zero-order valence-electron chi connectivity index (χ0n) is 13.3. The number of rotatable bonds is 3. The summed E-state index contributed by atoms with van der Waals surface area (Å²) in [5, 5.41) is 5.78. The van der Waals surface area contributed by atoms with E-state index in [-0.39, 0.29) is 14.5 Å². The van der Waals surface area contributed by atoms with E-state index in [9.17, 15) is 0 Å². The molecule has 1 N–H and O–H groups in total. The van der Waals surface area contributed by atoms with Crippen LogP contribution in [0.15, 0.2) is 67.0 Å². The van der Waals surface area contributed by atoms with Crippen molar-refractivity contribution in [2.45, 2.75) is 6.54 Å². The molecule has 0 unspecified atom stereocenters. The molecule has 0 aliphatic rings. The van der Waals surface area contributed by atoms with Crippen LogP contribution in [0.25, 0.3) is 30.5 Å². The number of nitrogens with zero attached hydrogens (tertiary/aromatic N) is 3. The van der Waals surface area contributed by atoms with E-state index in [0.29, 0.717) is 0 Å². The monoisotopic (exact) mass is 390 g/mol. The Balaban J connectivity index is 1.63. The van der Waals surface area contributed by atoms with Gasteiger partial charge in [0.25, 0.3) is 0 Å². The summed E-state index contributed by atoms with van der Waals surface area (Å²) < 4.78 is 2.34. The third-order valence-electron chi connectivity index (χ3n) is 4.25. The number of hydrogen-bond acceptors (Lipinski definition) is 4. The predicted molar refractivity (Wildman–Crippen MR) is 103 cm³/mol. The van der Waals surface area contributed by atoms with E-state index in [4.69, 9.17) is 4.98 Å². The van der Waals surface area contributed by atoms with Crippen LogP contribution < -0.4 is 5.32 Å². The van der Waals surface area contributed by atoms with Crippen LogP contribution in [0.4, 0.5) is 5.82 Å². The minimum absolute atomic E-state index is 0.120. The van der Waals surface area contributed by atoms with Gasteiger partial charge in [-0.2, -0.15) is 0 Å². The second-order valence-corrected chi connectivity index (χ2v) is 7.97. The maximum atomic E-state index is 4.86. The molecule has 0 aliphatic carbocycles. The van der Waals surface area contributed by atoms with Crippen molar-refractivity contribution in [2.75, 3.05) is 5.32 Å². The molecule has 4 nitrogen and oxygen atoms in total. The van der Waals surface area contributed by atoms with Gasteiger partial charge in [0.15, 0.2) is 0 Å². The molecule has 0 fully saturated rings. The predicted octanol–water partition coefficient (Wildman–Crippen LogP) is 4.00. The van der Waals surface area contributed by atoms with Gasteiger partial charge in [-0.05, 0) is 0 Å². The molecule has 0 saturated carbocycles. The Morgan fingerprint density at radius 3 is 2.68 bits per heavy atom. The Labute approximate surface area is 150 Å². The molecule has 25 heavy (non-hydrogen) atoms. The molecule has 0 spiro atoms. The Bertz CT molecular complexity index is 1200. The van der Waals surface area contributed by atoms with E-state index < -0.39 is 0 Å². The Hall–Kier alpha value is -2.75. The van der Waals surface area contributed by atoms with Crippen molar-refractivity contribution < 1.29 is 0 Å². The first-order valence-corrected chi connectivity index (χ1v) is 9.80. The van der Waals surface area contributed by atoms with Crippen LogP contribution in [0.2, 0.25) is 0 Å². The summed E-state index contributed by atoms with van der Waals surface area (Å²) in [6, 6.07) is 20.8. The molecule has 0 atom stereocenters. The van der Waals surface area contributed by atoms with E-state index in [1.165, 1.54) is 9.82 Å². The van der Waals surface area contributed by atoms with Crippen molar-refractivity contribution in [1.29, 1.82) is 0 Å². The standard InChI is InChI=1S/C20H14N4Se/c1-2-6-13(7-3-1)11-21-19-18-17(22-12-23-19)15-10-14-8-4-5-9-16(14)24-20(15)25-18/h1-10,12H,11H2,(H,21,22,23).